The second-order valence-electron chi connectivity index (χ2n) is 10.2. The highest BCUT2D eigenvalue weighted by atomic mass is 32.2. The van der Waals surface area contributed by atoms with Gasteiger partial charge in [0.1, 0.15) is 24.7 Å². The quantitative estimate of drug-likeness (QED) is 0.378. The van der Waals surface area contributed by atoms with Gasteiger partial charge in [-0.2, -0.15) is 4.99 Å². The van der Waals surface area contributed by atoms with Crippen LogP contribution in [0.1, 0.15) is 24.0 Å². The van der Waals surface area contributed by atoms with Crippen LogP contribution in [0.4, 0.5) is 16.3 Å². The Labute approximate surface area is 228 Å². The van der Waals surface area contributed by atoms with Crippen molar-refractivity contribution in [1.82, 2.24) is 4.98 Å². The third kappa shape index (κ3) is 5.94. The summed E-state index contributed by atoms with van der Waals surface area (Å²) in [4.78, 5) is 30.3. The van der Waals surface area contributed by atoms with Crippen LogP contribution in [0.3, 0.4) is 0 Å². The number of piperidine rings is 1. The Morgan fingerprint density at radius 2 is 1.85 bits per heavy atom. The number of aryl methyl sites for hydroxylation is 2. The molecule has 13 heteroatoms. The zero-order valence-corrected chi connectivity index (χ0v) is 23.9. The van der Waals surface area contributed by atoms with E-state index in [4.69, 9.17) is 14.3 Å². The highest BCUT2D eigenvalue weighted by Gasteiger charge is 2.52. The molecule has 0 amide bonds. The summed E-state index contributed by atoms with van der Waals surface area (Å²) in [5.74, 6) is 1.19. The third-order valence-electron chi connectivity index (χ3n) is 7.29. The average molecular weight is 563 g/mol. The summed E-state index contributed by atoms with van der Waals surface area (Å²) in [7, 11) is 3.26. The Kier molecular flexibility index (Phi) is 8.05. The summed E-state index contributed by atoms with van der Waals surface area (Å²) < 4.78 is 37.2. The number of carboxylic acid groups (broad SMARTS) is 1. The fraction of sp³-hybridized carbons (Fsp3) is 0.500. The van der Waals surface area contributed by atoms with E-state index in [0.29, 0.717) is 42.8 Å². The molecular formula is C26H36N5O7S+. The lowest BCUT2D eigenvalue weighted by Crippen LogP contribution is -2.59. The molecule has 2 atom stereocenters. The Morgan fingerprint density at radius 1 is 1.21 bits per heavy atom. The SMILES string of the molecule is COc1cc(C)c(S(=O)(=O)CC2=NC(OC(=O)O)O[N+]2(C)C2CCN(c3ccnc(N(C)C)c3)CC2)c(C)c1. The minimum Gasteiger partial charge on any atom is -0.497 e. The lowest BCUT2D eigenvalue weighted by molar-refractivity contribution is -1.04. The van der Waals surface area contributed by atoms with Crippen molar-refractivity contribution in [3.05, 3.63) is 41.6 Å². The van der Waals surface area contributed by atoms with Gasteiger partial charge in [-0.3, -0.25) is 0 Å². The first-order valence-electron chi connectivity index (χ1n) is 12.6. The first kappa shape index (κ1) is 28.6. The number of hydroxylamine groups is 3. The zero-order chi connectivity index (χ0) is 28.5. The second-order valence-corrected chi connectivity index (χ2v) is 12.1. The van der Waals surface area contributed by atoms with Crippen LogP contribution in [0.2, 0.25) is 0 Å². The van der Waals surface area contributed by atoms with Crippen LogP contribution < -0.4 is 14.5 Å². The Balaban J connectivity index is 1.58. The summed E-state index contributed by atoms with van der Waals surface area (Å²) in [5, 5.41) is 9.17. The van der Waals surface area contributed by atoms with Crippen molar-refractivity contribution >= 4 is 33.3 Å². The molecule has 1 N–H and O–H groups in total. The topological polar surface area (TPSA) is 131 Å². The fourth-order valence-corrected chi connectivity index (χ4v) is 7.25. The molecule has 2 aliphatic rings. The van der Waals surface area contributed by atoms with E-state index in [9.17, 15) is 18.3 Å². The van der Waals surface area contributed by atoms with E-state index >= 15 is 0 Å². The van der Waals surface area contributed by atoms with Crippen LogP contribution in [0, 0.1) is 13.8 Å². The van der Waals surface area contributed by atoms with E-state index in [0.717, 1.165) is 11.5 Å². The normalized spacial score (nSPS) is 21.9. The number of methoxy groups -OCH3 is 1. The number of sulfone groups is 1. The average Bonchev–Trinajstić information content (AvgIpc) is 3.17. The molecule has 1 saturated heterocycles. The van der Waals surface area contributed by atoms with Gasteiger partial charge < -0.3 is 24.4 Å². The van der Waals surface area contributed by atoms with Crippen molar-refractivity contribution < 1.29 is 37.3 Å². The van der Waals surface area contributed by atoms with Crippen LogP contribution in [-0.4, -0.2) is 94.7 Å². The molecule has 0 spiro atoms. The number of carbonyl (C=O) groups is 1. The summed E-state index contributed by atoms with van der Waals surface area (Å²) in [6.45, 7) is 4.83. The largest absolute Gasteiger partial charge is 0.509 e. The molecule has 0 saturated carbocycles. The van der Waals surface area contributed by atoms with Gasteiger partial charge in [0.15, 0.2) is 15.6 Å². The predicted molar refractivity (Wildman–Crippen MR) is 146 cm³/mol. The third-order valence-corrected chi connectivity index (χ3v) is 9.20. The van der Waals surface area contributed by atoms with E-state index in [1.807, 2.05) is 31.1 Å². The Bertz CT molecular complexity index is 1350. The van der Waals surface area contributed by atoms with Gasteiger partial charge in [0.05, 0.1) is 12.0 Å². The number of benzene rings is 1. The van der Waals surface area contributed by atoms with Crippen LogP contribution in [0.15, 0.2) is 40.4 Å². The number of aliphatic imine (C=N–C) groups is 1. The van der Waals surface area contributed by atoms with Gasteiger partial charge in [0.2, 0.25) is 0 Å². The minimum atomic E-state index is -3.87. The van der Waals surface area contributed by atoms with Crippen molar-refractivity contribution in [2.45, 2.75) is 44.0 Å². The van der Waals surface area contributed by atoms with Crippen molar-refractivity contribution in [2.24, 2.45) is 4.99 Å². The van der Waals surface area contributed by atoms with Crippen LogP contribution >= 0.6 is 0 Å². The van der Waals surface area contributed by atoms with Gasteiger partial charge in [-0.1, -0.05) is 0 Å². The molecule has 1 aromatic heterocycles. The standard InChI is InChI=1S/C26H35N5O7S/c1-17-13-21(36-6)14-18(2)24(17)39(34,35)16-23-28-25(37-26(32)33)38-31(23,5)20-8-11-30(12-9-20)19-7-10-27-22(15-19)29(3)4/h7,10,13-15,20,25H,8-9,11-12,16H2,1-6H3/p+1. The van der Waals surface area contributed by atoms with Crippen molar-refractivity contribution in [1.29, 1.82) is 0 Å². The van der Waals surface area contributed by atoms with Crippen molar-refractivity contribution in [3.63, 3.8) is 0 Å². The van der Waals surface area contributed by atoms with E-state index in [-0.39, 0.29) is 21.4 Å². The number of hydrogen-bond acceptors (Lipinski definition) is 10. The molecule has 12 nitrogen and oxygen atoms in total. The number of rotatable bonds is 8. The summed E-state index contributed by atoms with van der Waals surface area (Å²) >= 11 is 0. The Morgan fingerprint density at radius 3 is 2.41 bits per heavy atom. The molecule has 2 unspecified atom stereocenters. The van der Waals surface area contributed by atoms with E-state index in [1.165, 1.54) is 7.11 Å². The van der Waals surface area contributed by atoms with E-state index < -0.39 is 28.2 Å². The van der Waals surface area contributed by atoms with Crippen molar-refractivity contribution in [3.8, 4) is 5.75 Å². The van der Waals surface area contributed by atoms with Gasteiger partial charge in [0, 0.05) is 58.0 Å². The van der Waals surface area contributed by atoms with Crippen LogP contribution in [-0.2, 0) is 19.4 Å². The molecule has 1 aromatic carbocycles. The maximum Gasteiger partial charge on any atom is 0.509 e. The van der Waals surface area contributed by atoms with Gasteiger partial charge in [0.25, 0.3) is 5.84 Å². The maximum atomic E-state index is 13.7. The lowest BCUT2D eigenvalue weighted by atomic mass is 10.0. The lowest BCUT2D eigenvalue weighted by Gasteiger charge is -2.40. The van der Waals surface area contributed by atoms with Gasteiger partial charge in [-0.25, -0.2) is 18.2 Å². The molecule has 4 rings (SSSR count). The van der Waals surface area contributed by atoms with Crippen molar-refractivity contribution in [2.75, 3.05) is 56.9 Å². The number of quaternary nitrogens is 1. The van der Waals surface area contributed by atoms with E-state index in [1.54, 1.807) is 39.2 Å². The molecule has 39 heavy (non-hydrogen) atoms. The number of hydrogen-bond donors (Lipinski definition) is 1. The highest BCUT2D eigenvalue weighted by Crippen LogP contribution is 2.34. The fourth-order valence-electron chi connectivity index (χ4n) is 5.33. The number of aromatic nitrogens is 1. The smallest absolute Gasteiger partial charge is 0.497 e. The molecule has 0 aliphatic carbocycles. The number of pyridine rings is 1. The summed E-state index contributed by atoms with van der Waals surface area (Å²) in [5.41, 5.74) is 2.16. The maximum absolute atomic E-state index is 13.7. The summed E-state index contributed by atoms with van der Waals surface area (Å²) in [6, 6.07) is 7.18. The molecule has 1 fully saturated rings. The number of amidine groups is 1. The predicted octanol–water partition coefficient (Wildman–Crippen LogP) is 2.98. The Hall–Kier alpha value is -3.42. The number of ether oxygens (including phenoxy) is 2. The molecule has 2 aliphatic heterocycles. The van der Waals surface area contributed by atoms with Gasteiger partial charge >= 0.3 is 12.6 Å². The van der Waals surface area contributed by atoms with Crippen LogP contribution in [0.25, 0.3) is 0 Å². The van der Waals surface area contributed by atoms with Crippen LogP contribution in [0.5, 0.6) is 5.75 Å². The number of anilines is 2. The highest BCUT2D eigenvalue weighted by molar-refractivity contribution is 7.92. The molecule has 3 heterocycles. The van der Waals surface area contributed by atoms with Gasteiger partial charge in [-0.15, -0.1) is 9.48 Å². The molecule has 0 radical (unpaired) electrons. The first-order chi connectivity index (χ1) is 18.3. The zero-order valence-electron chi connectivity index (χ0n) is 23.1. The molecule has 2 aromatic rings. The van der Waals surface area contributed by atoms with E-state index in [2.05, 4.69) is 14.9 Å². The molecule has 212 valence electrons. The van der Waals surface area contributed by atoms with Gasteiger partial charge in [-0.05, 0) is 43.2 Å². The first-order valence-corrected chi connectivity index (χ1v) is 14.3. The second kappa shape index (κ2) is 11.0. The monoisotopic (exact) mass is 562 g/mol. The summed E-state index contributed by atoms with van der Waals surface area (Å²) in [6.07, 6.45) is 0.105. The minimum absolute atomic E-state index is 0.161. The number of nitrogens with zero attached hydrogens (tertiary/aromatic N) is 5. The molecular weight excluding hydrogens is 526 g/mol. The molecule has 0 bridgehead atoms.